The first kappa shape index (κ1) is 27.5. The molecule has 3 rings (SSSR count). The van der Waals surface area contributed by atoms with E-state index in [1.807, 2.05) is 38.1 Å². The fourth-order valence-corrected chi connectivity index (χ4v) is 4.71. The molecule has 1 aliphatic rings. The van der Waals surface area contributed by atoms with Crippen LogP contribution in [0, 0.1) is 5.92 Å². The van der Waals surface area contributed by atoms with Gasteiger partial charge in [-0.1, -0.05) is 32.0 Å². The van der Waals surface area contributed by atoms with Crippen LogP contribution in [0.25, 0.3) is 10.9 Å². The number of carbonyl (C=O) groups excluding carboxylic acids is 3. The summed E-state index contributed by atoms with van der Waals surface area (Å²) in [6, 6.07) is 3.89. The Morgan fingerprint density at radius 3 is 2.53 bits per heavy atom. The Bertz CT molecular complexity index is 1100. The largest absolute Gasteiger partial charge is 0.480 e. The molecule has 1 fully saturated rings. The maximum absolute atomic E-state index is 13.5. The molecule has 2 aromatic rings. The van der Waals surface area contributed by atoms with E-state index in [0.29, 0.717) is 25.8 Å². The average Bonchev–Trinajstić information content (AvgIpc) is 3.49. The van der Waals surface area contributed by atoms with Crippen LogP contribution in [0.3, 0.4) is 0 Å². The van der Waals surface area contributed by atoms with Crippen molar-refractivity contribution in [2.45, 2.75) is 63.7 Å². The van der Waals surface area contributed by atoms with Gasteiger partial charge in [0.1, 0.15) is 18.1 Å². The second kappa shape index (κ2) is 12.3. The van der Waals surface area contributed by atoms with Crippen LogP contribution >= 0.6 is 12.6 Å². The quantitative estimate of drug-likeness (QED) is 0.245. The molecule has 1 saturated heterocycles. The topological polar surface area (TPSA) is 158 Å². The average molecular weight is 518 g/mol. The van der Waals surface area contributed by atoms with Crippen LogP contribution in [0.15, 0.2) is 30.5 Å². The van der Waals surface area contributed by atoms with E-state index in [1.54, 1.807) is 6.20 Å². The molecule has 196 valence electrons. The number of aromatic nitrogens is 1. The number of carbonyl (C=O) groups is 4. The predicted octanol–water partition coefficient (Wildman–Crippen LogP) is 1.06. The second-order valence-electron chi connectivity index (χ2n) is 9.63. The van der Waals surface area contributed by atoms with E-state index in [2.05, 4.69) is 28.2 Å². The number of thiol groups is 1. The van der Waals surface area contributed by atoms with Crippen LogP contribution in [0.2, 0.25) is 0 Å². The third-order valence-electron chi connectivity index (χ3n) is 6.41. The molecule has 1 aliphatic heterocycles. The number of carboxylic acid groups (broad SMARTS) is 1. The molecule has 0 spiro atoms. The molecule has 4 atom stereocenters. The van der Waals surface area contributed by atoms with Crippen molar-refractivity contribution in [3.63, 3.8) is 0 Å². The standard InChI is InChI=1S/C25H35N5O5S/c1-14(2)10-20(24(33)30-9-5-8-21(30)25(34)35)29-23(32)19(28-22(31)17(26)13-36)11-15-12-27-18-7-4-3-6-16(15)18/h3-4,6-7,12,14,17,19-21,27,36H,5,8-11,13,26H2,1-2H3,(H,28,31)(H,29,32)(H,34,35). The van der Waals surface area contributed by atoms with Gasteiger partial charge in [0.2, 0.25) is 17.7 Å². The number of amides is 3. The lowest BCUT2D eigenvalue weighted by Gasteiger charge is -2.29. The fourth-order valence-electron chi connectivity index (χ4n) is 4.54. The van der Waals surface area contributed by atoms with Crippen LogP contribution in [-0.4, -0.2) is 75.1 Å². The van der Waals surface area contributed by atoms with Gasteiger partial charge in [-0.2, -0.15) is 12.6 Å². The van der Waals surface area contributed by atoms with Gasteiger partial charge in [-0.25, -0.2) is 4.79 Å². The first-order valence-electron chi connectivity index (χ1n) is 12.2. The van der Waals surface area contributed by atoms with Crippen molar-refractivity contribution in [1.82, 2.24) is 20.5 Å². The molecular weight excluding hydrogens is 482 g/mol. The molecule has 4 unspecified atom stereocenters. The highest BCUT2D eigenvalue weighted by Crippen LogP contribution is 2.22. The first-order chi connectivity index (χ1) is 17.1. The Morgan fingerprint density at radius 2 is 1.86 bits per heavy atom. The van der Waals surface area contributed by atoms with Crippen molar-refractivity contribution in [3.05, 3.63) is 36.0 Å². The number of aromatic amines is 1. The Balaban J connectivity index is 1.84. The summed E-state index contributed by atoms with van der Waals surface area (Å²) < 4.78 is 0. The summed E-state index contributed by atoms with van der Waals surface area (Å²) in [4.78, 5) is 55.6. The van der Waals surface area contributed by atoms with Gasteiger partial charge in [0.15, 0.2) is 0 Å². The highest BCUT2D eigenvalue weighted by atomic mass is 32.1. The van der Waals surface area contributed by atoms with Gasteiger partial charge in [0.05, 0.1) is 6.04 Å². The summed E-state index contributed by atoms with van der Waals surface area (Å²) in [5.74, 6) is -2.38. The first-order valence-corrected chi connectivity index (χ1v) is 12.8. The number of aliphatic carboxylic acids is 1. The lowest BCUT2D eigenvalue weighted by molar-refractivity contribution is -0.149. The van der Waals surface area contributed by atoms with Crippen LogP contribution in [0.5, 0.6) is 0 Å². The Morgan fingerprint density at radius 1 is 1.17 bits per heavy atom. The number of nitrogens with zero attached hydrogens (tertiary/aromatic N) is 1. The summed E-state index contributed by atoms with van der Waals surface area (Å²) in [6.45, 7) is 4.16. The van der Waals surface area contributed by atoms with Gasteiger partial charge in [-0.05, 0) is 36.8 Å². The smallest absolute Gasteiger partial charge is 0.326 e. The lowest BCUT2D eigenvalue weighted by Crippen LogP contribution is -2.58. The van der Waals surface area contributed by atoms with Crippen molar-refractivity contribution in [1.29, 1.82) is 0 Å². The van der Waals surface area contributed by atoms with Crippen LogP contribution in [0.1, 0.15) is 38.7 Å². The third kappa shape index (κ3) is 6.58. The summed E-state index contributed by atoms with van der Waals surface area (Å²) in [6.07, 6.45) is 3.26. The second-order valence-corrected chi connectivity index (χ2v) is 10.00. The Hall–Kier alpha value is -3.05. The minimum Gasteiger partial charge on any atom is -0.480 e. The van der Waals surface area contributed by atoms with Gasteiger partial charge in [-0.3, -0.25) is 14.4 Å². The number of fused-ring (bicyclic) bond motifs is 1. The van der Waals surface area contributed by atoms with E-state index in [4.69, 9.17) is 5.73 Å². The van der Waals surface area contributed by atoms with Gasteiger partial charge in [-0.15, -0.1) is 0 Å². The number of para-hydroxylation sites is 1. The van der Waals surface area contributed by atoms with Crippen molar-refractivity contribution in [2.24, 2.45) is 11.7 Å². The molecule has 6 N–H and O–H groups in total. The minimum absolute atomic E-state index is 0.0596. The molecule has 2 heterocycles. The van der Waals surface area contributed by atoms with E-state index < -0.39 is 47.9 Å². The number of likely N-dealkylation sites (tertiary alicyclic amines) is 1. The predicted molar refractivity (Wildman–Crippen MR) is 140 cm³/mol. The fraction of sp³-hybridized carbons (Fsp3) is 0.520. The maximum atomic E-state index is 13.5. The SMILES string of the molecule is CC(C)CC(NC(=O)C(Cc1c[nH]c2ccccc12)NC(=O)C(N)CS)C(=O)N1CCCC1C(=O)O. The van der Waals surface area contributed by atoms with E-state index in [0.717, 1.165) is 16.5 Å². The molecule has 0 aliphatic carbocycles. The molecule has 36 heavy (non-hydrogen) atoms. The zero-order valence-electron chi connectivity index (χ0n) is 20.6. The highest BCUT2D eigenvalue weighted by Gasteiger charge is 2.38. The van der Waals surface area contributed by atoms with E-state index in [9.17, 15) is 24.3 Å². The number of benzene rings is 1. The monoisotopic (exact) mass is 517 g/mol. The molecule has 11 heteroatoms. The van der Waals surface area contributed by atoms with Crippen LogP contribution in [0.4, 0.5) is 0 Å². The molecule has 0 saturated carbocycles. The third-order valence-corrected chi connectivity index (χ3v) is 6.80. The normalized spacial score (nSPS) is 18.1. The molecular formula is C25H35N5O5S. The van der Waals surface area contributed by atoms with Crippen LogP contribution < -0.4 is 16.4 Å². The van der Waals surface area contributed by atoms with E-state index in [1.165, 1.54) is 4.90 Å². The Kier molecular flexibility index (Phi) is 9.38. The van der Waals surface area contributed by atoms with Crippen molar-refractivity contribution in [2.75, 3.05) is 12.3 Å². The molecule has 3 amide bonds. The van der Waals surface area contributed by atoms with Crippen LogP contribution in [-0.2, 0) is 25.6 Å². The Labute approximate surface area is 215 Å². The van der Waals surface area contributed by atoms with Crippen molar-refractivity contribution >= 4 is 47.2 Å². The maximum Gasteiger partial charge on any atom is 0.326 e. The van der Waals surface area contributed by atoms with Crippen molar-refractivity contribution in [3.8, 4) is 0 Å². The van der Waals surface area contributed by atoms with Gasteiger partial charge < -0.3 is 31.4 Å². The molecule has 0 bridgehead atoms. The lowest BCUT2D eigenvalue weighted by atomic mass is 10.00. The number of rotatable bonds is 11. The summed E-state index contributed by atoms with van der Waals surface area (Å²) in [5.41, 5.74) is 7.54. The number of hydrogen-bond acceptors (Lipinski definition) is 6. The summed E-state index contributed by atoms with van der Waals surface area (Å²) in [5, 5.41) is 15.9. The van der Waals surface area contributed by atoms with Gasteiger partial charge in [0.25, 0.3) is 0 Å². The van der Waals surface area contributed by atoms with Crippen molar-refractivity contribution < 1.29 is 24.3 Å². The van der Waals surface area contributed by atoms with E-state index in [-0.39, 0.29) is 18.1 Å². The summed E-state index contributed by atoms with van der Waals surface area (Å²) in [7, 11) is 0. The number of nitrogens with one attached hydrogen (secondary N) is 3. The van der Waals surface area contributed by atoms with E-state index >= 15 is 0 Å². The number of hydrogen-bond donors (Lipinski definition) is 6. The molecule has 0 radical (unpaired) electrons. The zero-order valence-corrected chi connectivity index (χ0v) is 21.5. The molecule has 1 aromatic carbocycles. The zero-order chi connectivity index (χ0) is 26.4. The number of carboxylic acids is 1. The number of nitrogens with two attached hydrogens (primary N) is 1. The minimum atomic E-state index is -1.05. The summed E-state index contributed by atoms with van der Waals surface area (Å²) >= 11 is 4.07. The highest BCUT2D eigenvalue weighted by molar-refractivity contribution is 7.80. The number of H-pyrrole nitrogens is 1. The molecule has 10 nitrogen and oxygen atoms in total. The molecule has 1 aromatic heterocycles. The van der Waals surface area contributed by atoms with Gasteiger partial charge in [0, 0.05) is 35.8 Å². The van der Waals surface area contributed by atoms with Gasteiger partial charge >= 0.3 is 5.97 Å².